The molecule has 0 spiro atoms. The second-order valence-electron chi connectivity index (χ2n) is 5.07. The molecule has 0 fully saturated rings. The Balaban J connectivity index is 2.99. The van der Waals surface area contributed by atoms with E-state index in [-0.39, 0.29) is 5.56 Å². The molecule has 0 aliphatic heterocycles. The number of carboxylic acid groups (broad SMARTS) is 3. The number of carbonyl (C=O) groups excluding carboxylic acids is 2. The zero-order chi connectivity index (χ0) is 19.6. The van der Waals surface area contributed by atoms with Crippen LogP contribution in [0.2, 0.25) is 0 Å². The Morgan fingerprint density at radius 3 is 1.65 bits per heavy atom. The SMILES string of the molecule is NC(=O)c1c(C(=O)c2ccccc2)cc(C(=O)O)c(C(=O)O)c1C(=O)O. The van der Waals surface area contributed by atoms with Crippen LogP contribution < -0.4 is 5.73 Å². The normalized spacial score (nSPS) is 10.2. The van der Waals surface area contributed by atoms with Crippen LogP contribution >= 0.6 is 0 Å². The number of aromatic carboxylic acids is 3. The highest BCUT2D eigenvalue weighted by molar-refractivity contribution is 6.22. The van der Waals surface area contributed by atoms with Gasteiger partial charge in [0, 0.05) is 11.1 Å². The number of rotatable bonds is 6. The predicted molar refractivity (Wildman–Crippen MR) is 85.7 cm³/mol. The largest absolute Gasteiger partial charge is 0.478 e. The lowest BCUT2D eigenvalue weighted by molar-refractivity contribution is 0.0631. The summed E-state index contributed by atoms with van der Waals surface area (Å²) in [4.78, 5) is 58.9. The van der Waals surface area contributed by atoms with Crippen molar-refractivity contribution in [2.75, 3.05) is 0 Å². The van der Waals surface area contributed by atoms with E-state index in [4.69, 9.17) is 5.73 Å². The fraction of sp³-hybridized carbons (Fsp3) is 0. The van der Waals surface area contributed by atoms with E-state index in [1.165, 1.54) is 24.3 Å². The zero-order valence-electron chi connectivity index (χ0n) is 12.9. The van der Waals surface area contributed by atoms with Gasteiger partial charge in [0.05, 0.1) is 22.3 Å². The van der Waals surface area contributed by atoms with Crippen LogP contribution in [0.15, 0.2) is 36.4 Å². The summed E-state index contributed by atoms with van der Waals surface area (Å²) in [5.41, 5.74) is 0.498. The number of benzene rings is 2. The first kappa shape index (κ1) is 18.3. The number of primary amides is 1. The Morgan fingerprint density at radius 2 is 1.23 bits per heavy atom. The van der Waals surface area contributed by atoms with E-state index in [2.05, 4.69) is 0 Å². The summed E-state index contributed by atoms with van der Waals surface area (Å²) in [5.74, 6) is -7.81. The highest BCUT2D eigenvalue weighted by Crippen LogP contribution is 2.26. The maximum absolute atomic E-state index is 12.7. The average molecular weight is 357 g/mol. The van der Waals surface area contributed by atoms with Crippen LogP contribution in [0.3, 0.4) is 0 Å². The Hall–Kier alpha value is -4.01. The summed E-state index contributed by atoms with van der Waals surface area (Å²) in [6.45, 7) is 0. The molecule has 0 unspecified atom stereocenters. The first-order chi connectivity index (χ1) is 12.2. The number of carbonyl (C=O) groups is 5. The fourth-order valence-corrected chi connectivity index (χ4v) is 2.47. The van der Waals surface area contributed by atoms with Crippen molar-refractivity contribution in [2.24, 2.45) is 5.73 Å². The van der Waals surface area contributed by atoms with Crippen LogP contribution in [-0.2, 0) is 0 Å². The molecular weight excluding hydrogens is 346 g/mol. The highest BCUT2D eigenvalue weighted by Gasteiger charge is 2.33. The van der Waals surface area contributed by atoms with Crippen molar-refractivity contribution in [1.82, 2.24) is 0 Å². The van der Waals surface area contributed by atoms with Gasteiger partial charge < -0.3 is 21.1 Å². The summed E-state index contributed by atoms with van der Waals surface area (Å²) in [6.07, 6.45) is 0. The van der Waals surface area contributed by atoms with Crippen molar-refractivity contribution in [1.29, 1.82) is 0 Å². The lowest BCUT2D eigenvalue weighted by Gasteiger charge is -2.14. The second-order valence-corrected chi connectivity index (χ2v) is 5.07. The van der Waals surface area contributed by atoms with Gasteiger partial charge in [-0.3, -0.25) is 9.59 Å². The minimum atomic E-state index is -1.90. The molecule has 0 aliphatic rings. The number of hydrogen-bond acceptors (Lipinski definition) is 5. The third-order valence-corrected chi connectivity index (χ3v) is 3.51. The molecule has 5 N–H and O–H groups in total. The third kappa shape index (κ3) is 3.13. The lowest BCUT2D eigenvalue weighted by Crippen LogP contribution is -2.26. The Labute approximate surface area is 145 Å². The van der Waals surface area contributed by atoms with Crippen LogP contribution in [0.5, 0.6) is 0 Å². The number of ketones is 1. The van der Waals surface area contributed by atoms with Crippen LogP contribution in [-0.4, -0.2) is 44.9 Å². The molecule has 0 aliphatic carbocycles. The maximum atomic E-state index is 12.7. The van der Waals surface area contributed by atoms with Crippen molar-refractivity contribution in [3.05, 3.63) is 69.8 Å². The molecule has 0 heterocycles. The molecule has 0 bridgehead atoms. The minimum absolute atomic E-state index is 0.0331. The number of nitrogens with two attached hydrogens (primary N) is 1. The van der Waals surface area contributed by atoms with E-state index in [9.17, 15) is 39.3 Å². The first-order valence-electron chi connectivity index (χ1n) is 6.97. The molecule has 26 heavy (non-hydrogen) atoms. The summed E-state index contributed by atoms with van der Waals surface area (Å²) < 4.78 is 0. The molecule has 0 saturated heterocycles. The molecule has 0 radical (unpaired) electrons. The predicted octanol–water partition coefficient (Wildman–Crippen LogP) is 1.11. The van der Waals surface area contributed by atoms with Gasteiger partial charge in [-0.1, -0.05) is 30.3 Å². The Bertz CT molecular complexity index is 962. The molecule has 9 nitrogen and oxygen atoms in total. The molecule has 1 amide bonds. The Morgan fingerprint density at radius 1 is 0.692 bits per heavy atom. The van der Waals surface area contributed by atoms with Crippen molar-refractivity contribution in [3.8, 4) is 0 Å². The van der Waals surface area contributed by atoms with Gasteiger partial charge in [0.1, 0.15) is 0 Å². The number of carboxylic acids is 3. The highest BCUT2D eigenvalue weighted by atomic mass is 16.4. The molecule has 0 saturated carbocycles. The minimum Gasteiger partial charge on any atom is -0.478 e. The first-order valence-corrected chi connectivity index (χ1v) is 6.97. The zero-order valence-corrected chi connectivity index (χ0v) is 12.9. The average Bonchev–Trinajstić information content (AvgIpc) is 2.59. The van der Waals surface area contributed by atoms with E-state index in [1.807, 2.05) is 0 Å². The van der Waals surface area contributed by atoms with Gasteiger partial charge >= 0.3 is 17.9 Å². The molecule has 9 heteroatoms. The monoisotopic (exact) mass is 357 g/mol. The van der Waals surface area contributed by atoms with Gasteiger partial charge in [0.15, 0.2) is 5.78 Å². The van der Waals surface area contributed by atoms with Crippen molar-refractivity contribution in [2.45, 2.75) is 0 Å². The maximum Gasteiger partial charge on any atom is 0.337 e. The molecule has 2 rings (SSSR count). The standard InChI is InChI=1S/C17H11NO8/c18-14(20)10-8(13(19)7-4-2-1-3-5-7)6-9(15(21)22)11(16(23)24)12(10)17(25)26/h1-6H,(H2,18,20)(H,21,22)(H,23,24)(H,25,26). The van der Waals surface area contributed by atoms with Crippen molar-refractivity contribution < 1.29 is 39.3 Å². The lowest BCUT2D eigenvalue weighted by atomic mass is 9.87. The van der Waals surface area contributed by atoms with Gasteiger partial charge in [0.2, 0.25) is 5.91 Å². The topological polar surface area (TPSA) is 172 Å². The van der Waals surface area contributed by atoms with Gasteiger partial charge in [-0.15, -0.1) is 0 Å². The Kier molecular flexibility index (Phi) is 4.83. The van der Waals surface area contributed by atoms with Crippen LogP contribution in [0.25, 0.3) is 0 Å². The molecule has 2 aromatic rings. The molecule has 2 aromatic carbocycles. The number of hydrogen-bond donors (Lipinski definition) is 4. The quantitative estimate of drug-likeness (QED) is 0.556. The van der Waals surface area contributed by atoms with Crippen LogP contribution in [0.4, 0.5) is 0 Å². The number of amides is 1. The molecule has 132 valence electrons. The molecule has 0 atom stereocenters. The van der Waals surface area contributed by atoms with Gasteiger partial charge in [-0.05, 0) is 6.07 Å². The van der Waals surface area contributed by atoms with Crippen LogP contribution in [0.1, 0.15) is 57.4 Å². The molecular formula is C17H11NO8. The third-order valence-electron chi connectivity index (χ3n) is 3.51. The van der Waals surface area contributed by atoms with E-state index in [0.29, 0.717) is 6.07 Å². The van der Waals surface area contributed by atoms with E-state index in [1.54, 1.807) is 6.07 Å². The summed E-state index contributed by atoms with van der Waals surface area (Å²) in [5, 5.41) is 27.8. The van der Waals surface area contributed by atoms with Crippen LogP contribution in [0, 0.1) is 0 Å². The summed E-state index contributed by atoms with van der Waals surface area (Å²) in [7, 11) is 0. The van der Waals surface area contributed by atoms with Crippen molar-refractivity contribution >= 4 is 29.6 Å². The van der Waals surface area contributed by atoms with Gasteiger partial charge in [0.25, 0.3) is 0 Å². The van der Waals surface area contributed by atoms with Crippen molar-refractivity contribution in [3.63, 3.8) is 0 Å². The second kappa shape index (κ2) is 6.85. The smallest absolute Gasteiger partial charge is 0.337 e. The molecule has 0 aromatic heterocycles. The van der Waals surface area contributed by atoms with E-state index in [0.717, 1.165) is 0 Å². The van der Waals surface area contributed by atoms with Gasteiger partial charge in [-0.25, -0.2) is 14.4 Å². The van der Waals surface area contributed by atoms with Gasteiger partial charge in [-0.2, -0.15) is 0 Å². The fourth-order valence-electron chi connectivity index (χ4n) is 2.47. The van der Waals surface area contributed by atoms with E-state index < -0.39 is 57.4 Å². The van der Waals surface area contributed by atoms with E-state index >= 15 is 0 Å². The summed E-state index contributed by atoms with van der Waals surface area (Å²) in [6, 6.07) is 7.97. The summed E-state index contributed by atoms with van der Waals surface area (Å²) >= 11 is 0.